The Morgan fingerprint density at radius 3 is 2.22 bits per heavy atom. The number of amides is 2. The highest BCUT2D eigenvalue weighted by atomic mass is 16.5. The Morgan fingerprint density at radius 1 is 0.963 bits per heavy atom. The Balaban J connectivity index is 2.00. The van der Waals surface area contributed by atoms with Gasteiger partial charge in [-0.15, -0.1) is 0 Å². The number of carbonyl (C=O) groups is 3. The lowest BCUT2D eigenvalue weighted by Gasteiger charge is -2.18. The molecule has 0 aromatic heterocycles. The second-order valence-electron chi connectivity index (χ2n) is 6.02. The zero-order valence-corrected chi connectivity index (χ0v) is 15.3. The maximum atomic E-state index is 12.5. The third kappa shape index (κ3) is 6.93. The zero-order valence-electron chi connectivity index (χ0n) is 15.3. The molecule has 0 fully saturated rings. The fourth-order valence-electron chi connectivity index (χ4n) is 2.46. The van der Waals surface area contributed by atoms with E-state index in [-0.39, 0.29) is 24.8 Å². The number of benzene rings is 2. The third-order valence-electron chi connectivity index (χ3n) is 3.85. The minimum absolute atomic E-state index is 0.0658. The summed E-state index contributed by atoms with van der Waals surface area (Å²) in [5, 5.41) is 5.50. The molecule has 0 aliphatic heterocycles. The largest absolute Gasteiger partial charge is 0.456 e. The van der Waals surface area contributed by atoms with E-state index in [0.29, 0.717) is 12.1 Å². The summed E-state index contributed by atoms with van der Waals surface area (Å²) in [5.41, 5.74) is 1.29. The molecule has 0 spiro atoms. The molecule has 0 saturated carbocycles. The lowest BCUT2D eigenvalue weighted by Crippen LogP contribution is -2.32. The Labute approximate surface area is 158 Å². The molecule has 2 aromatic rings. The highest BCUT2D eigenvalue weighted by molar-refractivity contribution is 5.94. The lowest BCUT2D eigenvalue weighted by molar-refractivity contribution is -0.149. The van der Waals surface area contributed by atoms with Gasteiger partial charge in [0.15, 0.2) is 6.61 Å². The molecule has 2 aromatic carbocycles. The van der Waals surface area contributed by atoms with Gasteiger partial charge in [0.05, 0.1) is 12.5 Å². The number of ether oxygens (including phenoxy) is 1. The van der Waals surface area contributed by atoms with Crippen molar-refractivity contribution in [1.29, 1.82) is 0 Å². The van der Waals surface area contributed by atoms with Crippen molar-refractivity contribution in [3.63, 3.8) is 0 Å². The first-order valence-corrected chi connectivity index (χ1v) is 8.93. The molecule has 2 N–H and O–H groups in total. The van der Waals surface area contributed by atoms with Crippen LogP contribution in [0, 0.1) is 0 Å². The molecule has 2 amide bonds. The van der Waals surface area contributed by atoms with Gasteiger partial charge in [-0.05, 0) is 24.1 Å². The first-order valence-electron chi connectivity index (χ1n) is 8.93. The molecule has 0 aliphatic carbocycles. The second-order valence-corrected chi connectivity index (χ2v) is 6.02. The van der Waals surface area contributed by atoms with E-state index < -0.39 is 12.0 Å². The molecule has 0 bridgehead atoms. The van der Waals surface area contributed by atoms with Crippen molar-refractivity contribution < 1.29 is 19.1 Å². The summed E-state index contributed by atoms with van der Waals surface area (Å²) in [6, 6.07) is 17.4. The Kier molecular flexibility index (Phi) is 8.03. The highest BCUT2D eigenvalue weighted by Gasteiger charge is 2.20. The number of esters is 1. The standard InChI is InChI=1S/C21H24N2O4/c1-2-13-22-19(24)15-27-20(25)14-18(16-9-5-3-6-10-16)23-21(26)17-11-7-4-8-12-17/h3-12,18H,2,13-15H2,1H3,(H,22,24)(H,23,26)/t18-/m1/s1. The van der Waals surface area contributed by atoms with Crippen molar-refractivity contribution in [3.8, 4) is 0 Å². The number of hydrogen-bond acceptors (Lipinski definition) is 4. The Bertz CT molecular complexity index is 747. The van der Waals surface area contributed by atoms with Crippen LogP contribution in [0.1, 0.15) is 41.7 Å². The minimum atomic E-state index is -0.552. The van der Waals surface area contributed by atoms with Crippen LogP contribution in [0.3, 0.4) is 0 Å². The topological polar surface area (TPSA) is 84.5 Å². The molecule has 0 aliphatic rings. The third-order valence-corrected chi connectivity index (χ3v) is 3.85. The number of nitrogens with one attached hydrogen (secondary N) is 2. The summed E-state index contributed by atoms with van der Waals surface area (Å²) < 4.78 is 5.04. The van der Waals surface area contributed by atoms with Gasteiger partial charge in [-0.2, -0.15) is 0 Å². The Hall–Kier alpha value is -3.15. The average molecular weight is 368 g/mol. The Morgan fingerprint density at radius 2 is 1.59 bits per heavy atom. The van der Waals surface area contributed by atoms with Gasteiger partial charge in [-0.1, -0.05) is 55.5 Å². The molecule has 0 saturated heterocycles. The molecular formula is C21H24N2O4. The van der Waals surface area contributed by atoms with E-state index in [1.165, 1.54) is 0 Å². The number of rotatable bonds is 9. The van der Waals surface area contributed by atoms with E-state index in [4.69, 9.17) is 4.74 Å². The number of hydrogen-bond donors (Lipinski definition) is 2. The molecule has 1 atom stereocenters. The minimum Gasteiger partial charge on any atom is -0.456 e. The molecule has 142 valence electrons. The van der Waals surface area contributed by atoms with E-state index in [1.807, 2.05) is 43.3 Å². The van der Waals surface area contributed by atoms with E-state index in [1.54, 1.807) is 24.3 Å². The van der Waals surface area contributed by atoms with Crippen LogP contribution >= 0.6 is 0 Å². The molecule has 6 nitrogen and oxygen atoms in total. The van der Waals surface area contributed by atoms with Crippen LogP contribution in [-0.4, -0.2) is 30.9 Å². The normalized spacial score (nSPS) is 11.3. The van der Waals surface area contributed by atoms with Gasteiger partial charge >= 0.3 is 5.97 Å². The van der Waals surface area contributed by atoms with Gasteiger partial charge in [0.2, 0.25) is 0 Å². The van der Waals surface area contributed by atoms with Crippen molar-refractivity contribution in [1.82, 2.24) is 10.6 Å². The van der Waals surface area contributed by atoms with E-state index in [9.17, 15) is 14.4 Å². The summed E-state index contributed by atoms with van der Waals surface area (Å²) in [6.45, 7) is 2.15. The van der Waals surface area contributed by atoms with Gasteiger partial charge < -0.3 is 15.4 Å². The van der Waals surface area contributed by atoms with Crippen molar-refractivity contribution in [2.45, 2.75) is 25.8 Å². The van der Waals surface area contributed by atoms with Crippen LogP contribution in [0.4, 0.5) is 0 Å². The highest BCUT2D eigenvalue weighted by Crippen LogP contribution is 2.18. The smallest absolute Gasteiger partial charge is 0.308 e. The van der Waals surface area contributed by atoms with Crippen molar-refractivity contribution in [3.05, 3.63) is 71.8 Å². The van der Waals surface area contributed by atoms with Crippen LogP contribution in [-0.2, 0) is 14.3 Å². The molecule has 0 unspecified atom stereocenters. The average Bonchev–Trinajstić information content (AvgIpc) is 2.71. The van der Waals surface area contributed by atoms with E-state index >= 15 is 0 Å². The quantitative estimate of drug-likeness (QED) is 0.667. The zero-order chi connectivity index (χ0) is 19.5. The molecule has 2 rings (SSSR count). The monoisotopic (exact) mass is 368 g/mol. The summed E-state index contributed by atoms with van der Waals surface area (Å²) in [7, 11) is 0. The van der Waals surface area contributed by atoms with Crippen molar-refractivity contribution in [2.24, 2.45) is 0 Å². The first-order chi connectivity index (χ1) is 13.1. The fraction of sp³-hybridized carbons (Fsp3) is 0.286. The predicted molar refractivity (Wildman–Crippen MR) is 102 cm³/mol. The van der Waals surface area contributed by atoms with Crippen LogP contribution in [0.5, 0.6) is 0 Å². The van der Waals surface area contributed by atoms with Crippen LogP contribution < -0.4 is 10.6 Å². The second kappa shape index (κ2) is 10.8. The van der Waals surface area contributed by atoms with Gasteiger partial charge in [-0.3, -0.25) is 14.4 Å². The fourth-order valence-corrected chi connectivity index (χ4v) is 2.46. The van der Waals surface area contributed by atoms with Crippen LogP contribution in [0.25, 0.3) is 0 Å². The summed E-state index contributed by atoms with van der Waals surface area (Å²) in [4.78, 5) is 36.2. The van der Waals surface area contributed by atoms with E-state index in [0.717, 1.165) is 12.0 Å². The molecule has 0 heterocycles. The summed E-state index contributed by atoms with van der Waals surface area (Å²) >= 11 is 0. The molecular weight excluding hydrogens is 344 g/mol. The SMILES string of the molecule is CCCNC(=O)COC(=O)C[C@@H](NC(=O)c1ccccc1)c1ccccc1. The van der Waals surface area contributed by atoms with Crippen molar-refractivity contribution in [2.75, 3.05) is 13.2 Å². The molecule has 0 radical (unpaired) electrons. The van der Waals surface area contributed by atoms with Gasteiger partial charge in [0.25, 0.3) is 11.8 Å². The first kappa shape index (κ1) is 20.2. The lowest BCUT2D eigenvalue weighted by atomic mass is 10.0. The van der Waals surface area contributed by atoms with E-state index in [2.05, 4.69) is 10.6 Å². The molecule has 6 heteroatoms. The summed E-state index contributed by atoms with van der Waals surface area (Å²) in [5.74, 6) is -1.17. The number of carbonyl (C=O) groups excluding carboxylic acids is 3. The maximum absolute atomic E-state index is 12.5. The predicted octanol–water partition coefficient (Wildman–Crippen LogP) is 2.62. The van der Waals surface area contributed by atoms with Crippen LogP contribution in [0.2, 0.25) is 0 Å². The van der Waals surface area contributed by atoms with Gasteiger partial charge in [-0.25, -0.2) is 0 Å². The maximum Gasteiger partial charge on any atom is 0.308 e. The van der Waals surface area contributed by atoms with Gasteiger partial charge in [0, 0.05) is 12.1 Å². The molecule has 27 heavy (non-hydrogen) atoms. The summed E-state index contributed by atoms with van der Waals surface area (Å²) in [6.07, 6.45) is 0.741. The van der Waals surface area contributed by atoms with Crippen LogP contribution in [0.15, 0.2) is 60.7 Å². The van der Waals surface area contributed by atoms with Gasteiger partial charge in [0.1, 0.15) is 0 Å². The van der Waals surface area contributed by atoms with Crippen molar-refractivity contribution >= 4 is 17.8 Å².